The van der Waals surface area contributed by atoms with Crippen molar-refractivity contribution in [2.24, 2.45) is 0 Å². The Bertz CT molecular complexity index is 291. The molecule has 1 aromatic rings. The van der Waals surface area contributed by atoms with Crippen molar-refractivity contribution < 1.29 is 0 Å². The van der Waals surface area contributed by atoms with E-state index in [0.717, 1.165) is 0 Å². The van der Waals surface area contributed by atoms with E-state index in [0.29, 0.717) is 6.04 Å². The molecule has 1 saturated heterocycles. The Labute approximate surface area is 98.7 Å². The number of likely N-dealkylation sites (tertiary alicyclic amines) is 1. The van der Waals surface area contributed by atoms with Crippen LogP contribution in [0.2, 0.25) is 0 Å². The quantitative estimate of drug-likeness (QED) is 0.816. The Morgan fingerprint density at radius 3 is 2.50 bits per heavy atom. The molecule has 2 nitrogen and oxygen atoms in total. The number of nitrogens with one attached hydrogen (secondary N) is 1. The molecule has 2 heteroatoms. The first-order chi connectivity index (χ1) is 7.90. The standard InChI is InChI=1S/C14H22N2/c1-15-14(13-7-3-2-4-8-13)9-12-16-10-5-6-11-16/h2-4,7-8,14-15H,5-6,9-12H2,1H3. The predicted octanol–water partition coefficient (Wildman–Crippen LogP) is 2.43. The van der Waals surface area contributed by atoms with E-state index in [-0.39, 0.29) is 0 Å². The average molecular weight is 218 g/mol. The fraction of sp³-hybridized carbons (Fsp3) is 0.571. The molecule has 0 spiro atoms. The van der Waals surface area contributed by atoms with Crippen LogP contribution in [-0.4, -0.2) is 31.6 Å². The highest BCUT2D eigenvalue weighted by atomic mass is 15.1. The third-order valence-corrected chi connectivity index (χ3v) is 3.48. The first kappa shape index (κ1) is 11.6. The minimum Gasteiger partial charge on any atom is -0.313 e. The second-order valence-electron chi connectivity index (χ2n) is 4.59. The van der Waals surface area contributed by atoms with Crippen LogP contribution in [0.15, 0.2) is 30.3 Å². The maximum Gasteiger partial charge on any atom is 0.0329 e. The summed E-state index contributed by atoms with van der Waals surface area (Å²) >= 11 is 0. The third-order valence-electron chi connectivity index (χ3n) is 3.48. The Morgan fingerprint density at radius 2 is 1.88 bits per heavy atom. The van der Waals surface area contributed by atoms with Crippen molar-refractivity contribution in [3.8, 4) is 0 Å². The van der Waals surface area contributed by atoms with E-state index in [1.54, 1.807) is 0 Å². The van der Waals surface area contributed by atoms with E-state index in [4.69, 9.17) is 0 Å². The molecule has 2 rings (SSSR count). The summed E-state index contributed by atoms with van der Waals surface area (Å²) in [6.07, 6.45) is 3.98. The van der Waals surface area contributed by atoms with E-state index in [1.165, 1.54) is 44.5 Å². The van der Waals surface area contributed by atoms with E-state index >= 15 is 0 Å². The Balaban J connectivity index is 1.85. The minimum atomic E-state index is 0.502. The molecular weight excluding hydrogens is 196 g/mol. The van der Waals surface area contributed by atoms with Crippen molar-refractivity contribution in [1.29, 1.82) is 0 Å². The van der Waals surface area contributed by atoms with Gasteiger partial charge in [-0.3, -0.25) is 0 Å². The zero-order chi connectivity index (χ0) is 11.2. The molecule has 0 saturated carbocycles. The summed E-state index contributed by atoms with van der Waals surface area (Å²) in [5.74, 6) is 0. The molecule has 1 unspecified atom stereocenters. The smallest absolute Gasteiger partial charge is 0.0329 e. The van der Waals surface area contributed by atoms with Crippen molar-refractivity contribution in [1.82, 2.24) is 10.2 Å². The second kappa shape index (κ2) is 6.02. The maximum absolute atomic E-state index is 3.42. The number of benzene rings is 1. The van der Waals surface area contributed by atoms with E-state index in [9.17, 15) is 0 Å². The van der Waals surface area contributed by atoms with Gasteiger partial charge < -0.3 is 10.2 Å². The summed E-state index contributed by atoms with van der Waals surface area (Å²) in [5.41, 5.74) is 1.41. The average Bonchev–Trinajstić information content (AvgIpc) is 2.84. The van der Waals surface area contributed by atoms with Crippen LogP contribution in [0.4, 0.5) is 0 Å². The normalized spacial score (nSPS) is 18.8. The Hall–Kier alpha value is -0.860. The zero-order valence-corrected chi connectivity index (χ0v) is 10.2. The predicted molar refractivity (Wildman–Crippen MR) is 68.5 cm³/mol. The molecule has 1 heterocycles. The van der Waals surface area contributed by atoms with E-state index in [1.807, 2.05) is 0 Å². The molecule has 0 amide bonds. The first-order valence-corrected chi connectivity index (χ1v) is 6.34. The van der Waals surface area contributed by atoms with Gasteiger partial charge >= 0.3 is 0 Å². The lowest BCUT2D eigenvalue weighted by Gasteiger charge is -2.21. The van der Waals surface area contributed by atoms with Crippen molar-refractivity contribution in [2.45, 2.75) is 25.3 Å². The summed E-state index contributed by atoms with van der Waals surface area (Å²) in [4.78, 5) is 2.58. The van der Waals surface area contributed by atoms with Gasteiger partial charge in [-0.2, -0.15) is 0 Å². The monoisotopic (exact) mass is 218 g/mol. The van der Waals surface area contributed by atoms with Gasteiger partial charge in [0, 0.05) is 6.04 Å². The molecular formula is C14H22N2. The number of hydrogen-bond donors (Lipinski definition) is 1. The number of hydrogen-bond acceptors (Lipinski definition) is 2. The Kier molecular flexibility index (Phi) is 4.37. The van der Waals surface area contributed by atoms with Crippen LogP contribution < -0.4 is 5.32 Å². The van der Waals surface area contributed by atoms with Crippen LogP contribution in [0.5, 0.6) is 0 Å². The highest BCUT2D eigenvalue weighted by Gasteiger charge is 2.14. The van der Waals surface area contributed by atoms with Gasteiger partial charge in [0.05, 0.1) is 0 Å². The molecule has 1 N–H and O–H groups in total. The van der Waals surface area contributed by atoms with Crippen LogP contribution in [0.25, 0.3) is 0 Å². The molecule has 0 aliphatic carbocycles. The van der Waals surface area contributed by atoms with Gasteiger partial charge in [0.1, 0.15) is 0 Å². The molecule has 16 heavy (non-hydrogen) atoms. The minimum absolute atomic E-state index is 0.502. The summed E-state index contributed by atoms with van der Waals surface area (Å²) in [5, 5.41) is 3.42. The number of nitrogens with zero attached hydrogens (tertiary/aromatic N) is 1. The zero-order valence-electron chi connectivity index (χ0n) is 10.2. The van der Waals surface area contributed by atoms with Gasteiger partial charge in [0.2, 0.25) is 0 Å². The highest BCUT2D eigenvalue weighted by molar-refractivity contribution is 5.18. The molecule has 0 radical (unpaired) electrons. The van der Waals surface area contributed by atoms with Crippen LogP contribution in [-0.2, 0) is 0 Å². The fourth-order valence-electron chi connectivity index (χ4n) is 2.48. The molecule has 1 aliphatic rings. The van der Waals surface area contributed by atoms with E-state index in [2.05, 4.69) is 47.6 Å². The second-order valence-corrected chi connectivity index (χ2v) is 4.59. The SMILES string of the molecule is CNC(CCN1CCCC1)c1ccccc1. The molecule has 1 atom stereocenters. The summed E-state index contributed by atoms with van der Waals surface area (Å²) < 4.78 is 0. The largest absolute Gasteiger partial charge is 0.313 e. The van der Waals surface area contributed by atoms with Crippen LogP contribution in [0.1, 0.15) is 30.9 Å². The Morgan fingerprint density at radius 1 is 1.19 bits per heavy atom. The number of rotatable bonds is 5. The lowest BCUT2D eigenvalue weighted by Crippen LogP contribution is -2.26. The van der Waals surface area contributed by atoms with Gasteiger partial charge in [0.15, 0.2) is 0 Å². The summed E-state index contributed by atoms with van der Waals surface area (Å²) in [7, 11) is 2.06. The van der Waals surface area contributed by atoms with Crippen LogP contribution >= 0.6 is 0 Å². The van der Waals surface area contributed by atoms with Gasteiger partial charge in [-0.25, -0.2) is 0 Å². The fourth-order valence-corrected chi connectivity index (χ4v) is 2.48. The third kappa shape index (κ3) is 3.06. The van der Waals surface area contributed by atoms with Gasteiger partial charge in [-0.05, 0) is 51.5 Å². The van der Waals surface area contributed by atoms with Crippen molar-refractivity contribution in [2.75, 3.05) is 26.7 Å². The van der Waals surface area contributed by atoms with Gasteiger partial charge in [-0.1, -0.05) is 30.3 Å². The summed E-state index contributed by atoms with van der Waals surface area (Å²) in [6, 6.07) is 11.2. The molecule has 88 valence electrons. The highest BCUT2D eigenvalue weighted by Crippen LogP contribution is 2.17. The van der Waals surface area contributed by atoms with Crippen LogP contribution in [0, 0.1) is 0 Å². The van der Waals surface area contributed by atoms with Crippen molar-refractivity contribution in [3.05, 3.63) is 35.9 Å². The van der Waals surface area contributed by atoms with Gasteiger partial charge in [-0.15, -0.1) is 0 Å². The van der Waals surface area contributed by atoms with Crippen molar-refractivity contribution >= 4 is 0 Å². The lowest BCUT2D eigenvalue weighted by molar-refractivity contribution is 0.314. The van der Waals surface area contributed by atoms with E-state index < -0.39 is 0 Å². The molecule has 1 aliphatic heterocycles. The molecule has 0 bridgehead atoms. The lowest BCUT2D eigenvalue weighted by atomic mass is 10.0. The molecule has 1 aromatic carbocycles. The van der Waals surface area contributed by atoms with Crippen molar-refractivity contribution in [3.63, 3.8) is 0 Å². The maximum atomic E-state index is 3.42. The van der Waals surface area contributed by atoms with Gasteiger partial charge in [0.25, 0.3) is 0 Å². The first-order valence-electron chi connectivity index (χ1n) is 6.34. The van der Waals surface area contributed by atoms with Crippen LogP contribution in [0.3, 0.4) is 0 Å². The molecule has 0 aromatic heterocycles. The topological polar surface area (TPSA) is 15.3 Å². The summed E-state index contributed by atoms with van der Waals surface area (Å²) in [6.45, 7) is 3.82. The molecule has 1 fully saturated rings.